The molecule has 6 heteroatoms. The first kappa shape index (κ1) is 13.0. The summed E-state index contributed by atoms with van der Waals surface area (Å²) >= 11 is 1.80. The van der Waals surface area contributed by atoms with E-state index in [1.54, 1.807) is 29.6 Å². The number of unbranched alkanes of at least 4 members (excludes halogenated alkanes) is 2. The number of hydrogen-bond donors (Lipinski definition) is 0. The molecule has 0 N–H and O–H groups in total. The Morgan fingerprint density at radius 3 is 2.88 bits per heavy atom. The summed E-state index contributed by atoms with van der Waals surface area (Å²) < 4.78 is 1.55. The molecule has 0 saturated heterocycles. The minimum Gasteiger partial charge on any atom is -0.390 e. The van der Waals surface area contributed by atoms with Gasteiger partial charge in [0, 0.05) is 0 Å². The van der Waals surface area contributed by atoms with E-state index in [0.29, 0.717) is 0 Å². The molecule has 1 aromatic rings. The molecule has 5 nitrogen and oxygen atoms in total. The summed E-state index contributed by atoms with van der Waals surface area (Å²) in [5.41, 5.74) is 0.910. The van der Waals surface area contributed by atoms with Crippen molar-refractivity contribution in [2.75, 3.05) is 5.75 Å². The molecule has 1 rings (SSSR count). The van der Waals surface area contributed by atoms with Crippen LogP contribution in [0.4, 0.5) is 5.95 Å². The first-order chi connectivity index (χ1) is 7.66. The summed E-state index contributed by atoms with van der Waals surface area (Å²) in [5.74, 6) is 1.82. The molecular weight excluding hydrogens is 226 g/mol. The van der Waals surface area contributed by atoms with Crippen molar-refractivity contribution in [1.29, 1.82) is 0 Å². The molecule has 16 heavy (non-hydrogen) atoms. The lowest BCUT2D eigenvalue weighted by molar-refractivity contribution is -0.396. The minimum atomic E-state index is -0.453. The minimum absolute atomic E-state index is 0.0795. The van der Waals surface area contributed by atoms with Gasteiger partial charge >= 0.3 is 5.95 Å². The van der Waals surface area contributed by atoms with Gasteiger partial charge in [0.25, 0.3) is 0 Å². The third-order valence-corrected chi connectivity index (χ3v) is 3.44. The van der Waals surface area contributed by atoms with Crippen LogP contribution in [0.3, 0.4) is 0 Å². The van der Waals surface area contributed by atoms with Crippen molar-refractivity contribution in [1.82, 2.24) is 9.55 Å². The molecule has 0 unspecified atom stereocenters. The van der Waals surface area contributed by atoms with Gasteiger partial charge in [-0.05, 0) is 17.1 Å². The van der Waals surface area contributed by atoms with Gasteiger partial charge in [0.05, 0.1) is 12.8 Å². The number of nitrogens with zero attached hydrogens (tertiary/aromatic N) is 3. The van der Waals surface area contributed by atoms with Gasteiger partial charge in [0.2, 0.25) is 0 Å². The van der Waals surface area contributed by atoms with Gasteiger partial charge in [-0.3, -0.25) is 0 Å². The first-order valence-electron chi connectivity index (χ1n) is 5.39. The molecule has 0 fully saturated rings. The van der Waals surface area contributed by atoms with Crippen LogP contribution < -0.4 is 0 Å². The Balaban J connectivity index is 2.40. The van der Waals surface area contributed by atoms with E-state index in [-0.39, 0.29) is 5.95 Å². The zero-order valence-electron chi connectivity index (χ0n) is 9.68. The van der Waals surface area contributed by atoms with E-state index in [1.165, 1.54) is 19.3 Å². The molecule has 0 aliphatic rings. The topological polar surface area (TPSA) is 61.0 Å². The van der Waals surface area contributed by atoms with Crippen molar-refractivity contribution in [3.05, 3.63) is 22.0 Å². The van der Waals surface area contributed by atoms with E-state index >= 15 is 0 Å². The van der Waals surface area contributed by atoms with Crippen molar-refractivity contribution < 1.29 is 4.92 Å². The predicted molar refractivity (Wildman–Crippen MR) is 65.5 cm³/mol. The molecule has 0 radical (unpaired) electrons. The molecule has 0 amide bonds. The number of rotatable bonds is 7. The Hall–Kier alpha value is -1.04. The van der Waals surface area contributed by atoms with Gasteiger partial charge < -0.3 is 10.1 Å². The number of thioether (sulfide) groups is 1. The second kappa shape index (κ2) is 6.52. The smallest absolute Gasteiger partial charge is 0.390 e. The Morgan fingerprint density at radius 1 is 1.56 bits per heavy atom. The van der Waals surface area contributed by atoms with E-state index in [0.717, 1.165) is 17.2 Å². The molecule has 1 aromatic heterocycles. The van der Waals surface area contributed by atoms with E-state index < -0.39 is 4.92 Å². The van der Waals surface area contributed by atoms with E-state index in [4.69, 9.17) is 0 Å². The summed E-state index contributed by atoms with van der Waals surface area (Å²) in [6.45, 7) is 2.18. The van der Waals surface area contributed by atoms with Crippen molar-refractivity contribution in [2.45, 2.75) is 31.9 Å². The van der Waals surface area contributed by atoms with Crippen LogP contribution in [-0.4, -0.2) is 20.2 Å². The highest BCUT2D eigenvalue weighted by molar-refractivity contribution is 7.98. The molecule has 0 aromatic carbocycles. The third kappa shape index (κ3) is 3.52. The molecule has 1 heterocycles. The van der Waals surface area contributed by atoms with Crippen LogP contribution in [0.2, 0.25) is 0 Å². The second-order valence-corrected chi connectivity index (χ2v) is 4.73. The van der Waals surface area contributed by atoms with Crippen LogP contribution in [0.15, 0.2) is 6.20 Å². The van der Waals surface area contributed by atoms with Gasteiger partial charge in [-0.25, -0.2) is 4.57 Å². The first-order valence-corrected chi connectivity index (χ1v) is 6.55. The Labute approximate surface area is 99.4 Å². The summed E-state index contributed by atoms with van der Waals surface area (Å²) in [4.78, 5) is 13.9. The molecule has 0 aliphatic heterocycles. The van der Waals surface area contributed by atoms with Gasteiger partial charge in [0.1, 0.15) is 11.9 Å². The van der Waals surface area contributed by atoms with E-state index in [2.05, 4.69) is 11.9 Å². The quantitative estimate of drug-likeness (QED) is 0.419. The molecule has 0 atom stereocenters. The Kier molecular flexibility index (Phi) is 5.31. The fourth-order valence-electron chi connectivity index (χ4n) is 1.37. The maximum absolute atomic E-state index is 10.6. The normalized spacial score (nSPS) is 10.6. The summed E-state index contributed by atoms with van der Waals surface area (Å²) in [6.07, 6.45) is 5.27. The van der Waals surface area contributed by atoms with Crippen molar-refractivity contribution in [2.24, 2.45) is 7.05 Å². The lowest BCUT2D eigenvalue weighted by Crippen LogP contribution is -2.01. The SMILES string of the molecule is CCCCCSCc1cnc([N+](=O)[O-])n1C. The standard InChI is InChI=1S/C10H17N3O2S/c1-3-4-5-6-16-8-9-7-11-10(12(9)2)13(14)15/h7H,3-6,8H2,1-2H3. The number of aromatic nitrogens is 2. The maximum atomic E-state index is 10.6. The van der Waals surface area contributed by atoms with E-state index in [1.807, 2.05) is 0 Å². The van der Waals surface area contributed by atoms with Crippen LogP contribution in [0.5, 0.6) is 0 Å². The molecule has 0 bridgehead atoms. The van der Waals surface area contributed by atoms with Crippen molar-refractivity contribution in [3.63, 3.8) is 0 Å². The third-order valence-electron chi connectivity index (χ3n) is 2.37. The molecule has 0 spiro atoms. The Bertz CT molecular complexity index is 352. The fraction of sp³-hybridized carbons (Fsp3) is 0.700. The van der Waals surface area contributed by atoms with Crippen LogP contribution in [-0.2, 0) is 12.8 Å². The van der Waals surface area contributed by atoms with E-state index in [9.17, 15) is 10.1 Å². The maximum Gasteiger partial charge on any atom is 0.434 e. The summed E-state index contributed by atoms with van der Waals surface area (Å²) in [6, 6.07) is 0. The lowest BCUT2D eigenvalue weighted by Gasteiger charge is -2.00. The van der Waals surface area contributed by atoms with Gasteiger partial charge in [-0.2, -0.15) is 11.8 Å². The summed E-state index contributed by atoms with van der Waals surface area (Å²) in [5, 5.41) is 10.6. The zero-order chi connectivity index (χ0) is 12.0. The number of nitro groups is 1. The largest absolute Gasteiger partial charge is 0.434 e. The van der Waals surface area contributed by atoms with Crippen LogP contribution in [0.25, 0.3) is 0 Å². The van der Waals surface area contributed by atoms with Gasteiger partial charge in [-0.15, -0.1) is 0 Å². The predicted octanol–water partition coefficient (Wildman–Crippen LogP) is 2.75. The highest BCUT2D eigenvalue weighted by Gasteiger charge is 2.16. The second-order valence-electron chi connectivity index (χ2n) is 3.63. The van der Waals surface area contributed by atoms with Crippen LogP contribution in [0.1, 0.15) is 31.9 Å². The fourth-order valence-corrected chi connectivity index (χ4v) is 2.40. The summed E-state index contributed by atoms with van der Waals surface area (Å²) in [7, 11) is 1.69. The highest BCUT2D eigenvalue weighted by atomic mass is 32.2. The number of hydrogen-bond acceptors (Lipinski definition) is 4. The lowest BCUT2D eigenvalue weighted by atomic mass is 10.3. The van der Waals surface area contributed by atoms with Gasteiger partial charge in [-0.1, -0.05) is 24.7 Å². The monoisotopic (exact) mass is 243 g/mol. The average Bonchev–Trinajstić information content (AvgIpc) is 2.60. The van der Waals surface area contributed by atoms with Crippen LogP contribution in [0, 0.1) is 10.1 Å². The van der Waals surface area contributed by atoms with Crippen molar-refractivity contribution >= 4 is 17.7 Å². The molecular formula is C10H17N3O2S. The molecule has 0 saturated carbocycles. The van der Waals surface area contributed by atoms with Crippen molar-refractivity contribution in [3.8, 4) is 0 Å². The molecule has 0 aliphatic carbocycles. The van der Waals surface area contributed by atoms with Crippen LogP contribution >= 0.6 is 11.8 Å². The highest BCUT2D eigenvalue weighted by Crippen LogP contribution is 2.17. The Morgan fingerprint density at radius 2 is 2.31 bits per heavy atom. The zero-order valence-corrected chi connectivity index (χ0v) is 10.5. The van der Waals surface area contributed by atoms with Gasteiger partial charge in [0.15, 0.2) is 0 Å². The number of imidazole rings is 1. The molecule has 90 valence electrons. The average molecular weight is 243 g/mol.